The van der Waals surface area contributed by atoms with Gasteiger partial charge in [-0.05, 0) is 43.0 Å². The van der Waals surface area contributed by atoms with Crippen molar-refractivity contribution < 1.29 is 14.5 Å². The molecule has 2 aromatic carbocycles. The van der Waals surface area contributed by atoms with Gasteiger partial charge < -0.3 is 19.7 Å². The van der Waals surface area contributed by atoms with Gasteiger partial charge in [0, 0.05) is 24.3 Å². The first-order chi connectivity index (χ1) is 12.5. The van der Waals surface area contributed by atoms with Crippen molar-refractivity contribution in [3.63, 3.8) is 0 Å². The topological polar surface area (TPSA) is 52.5 Å². The third-order valence-corrected chi connectivity index (χ3v) is 5.92. The van der Waals surface area contributed by atoms with E-state index < -0.39 is 0 Å². The molecule has 0 radical (unpaired) electrons. The van der Waals surface area contributed by atoms with Gasteiger partial charge in [0.1, 0.15) is 6.04 Å². The molecule has 0 unspecified atom stereocenters. The molecule has 2 aromatic rings. The van der Waals surface area contributed by atoms with E-state index in [0.29, 0.717) is 24.6 Å². The van der Waals surface area contributed by atoms with Gasteiger partial charge >= 0.3 is 0 Å². The number of hydrogen-bond acceptors (Lipinski definition) is 3. The molecule has 1 N–H and O–H groups in total. The zero-order valence-corrected chi connectivity index (χ0v) is 15.6. The highest BCUT2D eigenvalue weighted by atomic mass is 16.5. The van der Waals surface area contributed by atoms with Gasteiger partial charge in [0.05, 0.1) is 20.2 Å². The van der Waals surface area contributed by atoms with E-state index in [2.05, 4.69) is 25.1 Å². The van der Waals surface area contributed by atoms with Gasteiger partial charge in [-0.3, -0.25) is 0 Å². The number of aromatic hydroxyl groups is 1. The van der Waals surface area contributed by atoms with Crippen LogP contribution in [0.1, 0.15) is 41.1 Å². The van der Waals surface area contributed by atoms with E-state index in [1.54, 1.807) is 19.2 Å². The van der Waals surface area contributed by atoms with Gasteiger partial charge in [0.15, 0.2) is 11.5 Å². The fraction of sp³-hybridized carbons (Fsp3) is 0.455. The van der Waals surface area contributed by atoms with E-state index in [0.717, 1.165) is 18.5 Å². The predicted molar refractivity (Wildman–Crippen MR) is 102 cm³/mol. The van der Waals surface area contributed by atoms with Crippen molar-refractivity contribution in [3.05, 3.63) is 63.9 Å². The normalized spacial score (nSPS) is 25.0. The highest BCUT2D eigenvalue weighted by Crippen LogP contribution is 2.43. The van der Waals surface area contributed by atoms with Crippen LogP contribution in [-0.2, 0) is 12.8 Å². The Balaban J connectivity index is 1.69. The first-order valence-electron chi connectivity index (χ1n) is 9.51. The van der Waals surface area contributed by atoms with E-state index in [9.17, 15) is 10.3 Å². The summed E-state index contributed by atoms with van der Waals surface area (Å²) in [4.78, 5) is 0. The molecular weight excluding hydrogens is 326 g/mol. The van der Waals surface area contributed by atoms with Crippen LogP contribution in [-0.4, -0.2) is 30.0 Å². The van der Waals surface area contributed by atoms with E-state index in [1.165, 1.54) is 29.5 Å². The van der Waals surface area contributed by atoms with Gasteiger partial charge in [-0.25, -0.2) is 0 Å². The summed E-state index contributed by atoms with van der Waals surface area (Å²) >= 11 is 0. The minimum absolute atomic E-state index is 0.104. The van der Waals surface area contributed by atoms with E-state index in [4.69, 9.17) is 4.74 Å². The van der Waals surface area contributed by atoms with Crippen molar-refractivity contribution in [2.75, 3.05) is 20.2 Å². The van der Waals surface area contributed by atoms with Crippen molar-refractivity contribution in [2.45, 2.75) is 38.6 Å². The lowest BCUT2D eigenvalue weighted by Crippen LogP contribution is -2.51. The number of rotatable bonds is 5. The van der Waals surface area contributed by atoms with Crippen LogP contribution >= 0.6 is 0 Å². The van der Waals surface area contributed by atoms with E-state index >= 15 is 0 Å². The molecule has 0 saturated heterocycles. The zero-order valence-electron chi connectivity index (χ0n) is 15.6. The summed E-state index contributed by atoms with van der Waals surface area (Å²) in [5, 5.41) is 23.9. The lowest BCUT2D eigenvalue weighted by molar-refractivity contribution is -0.915. The minimum atomic E-state index is -0.131. The van der Waals surface area contributed by atoms with Crippen molar-refractivity contribution in [1.29, 1.82) is 0 Å². The highest BCUT2D eigenvalue weighted by Gasteiger charge is 2.40. The Kier molecular flexibility index (Phi) is 4.41. The van der Waals surface area contributed by atoms with Crippen molar-refractivity contribution in [1.82, 2.24) is 0 Å². The molecule has 2 aliphatic rings. The molecule has 4 nitrogen and oxygen atoms in total. The van der Waals surface area contributed by atoms with Crippen molar-refractivity contribution in [2.24, 2.45) is 5.92 Å². The van der Waals surface area contributed by atoms with Crippen LogP contribution in [0.3, 0.4) is 0 Å². The van der Waals surface area contributed by atoms with Crippen LogP contribution in [0.5, 0.6) is 11.5 Å². The molecular formula is C22H27NO3. The molecule has 4 rings (SSSR count). The molecule has 0 amide bonds. The predicted octanol–water partition coefficient (Wildman–Crippen LogP) is 4.27. The minimum Gasteiger partial charge on any atom is -0.632 e. The number of phenolic OH excluding ortho intramolecular Hbond substituents is 1. The fourth-order valence-corrected chi connectivity index (χ4v) is 4.31. The summed E-state index contributed by atoms with van der Waals surface area (Å²) in [5.74, 6) is 1.19. The second kappa shape index (κ2) is 6.60. The molecule has 1 heterocycles. The molecule has 0 aromatic heterocycles. The van der Waals surface area contributed by atoms with Crippen LogP contribution in [0, 0.1) is 18.0 Å². The Hall–Kier alpha value is -2.04. The molecule has 0 bridgehead atoms. The zero-order chi connectivity index (χ0) is 18.3. The number of nitrogens with zero attached hydrogens (tertiary/aromatic N) is 1. The maximum absolute atomic E-state index is 13.8. The summed E-state index contributed by atoms with van der Waals surface area (Å²) < 4.78 is 5.01. The van der Waals surface area contributed by atoms with Crippen LogP contribution in [0.2, 0.25) is 0 Å². The van der Waals surface area contributed by atoms with E-state index in [-0.39, 0.29) is 16.4 Å². The quantitative estimate of drug-likeness (QED) is 0.645. The molecule has 0 spiro atoms. The van der Waals surface area contributed by atoms with Crippen LogP contribution in [0.25, 0.3) is 0 Å². The maximum Gasteiger partial charge on any atom is 0.160 e. The second-order valence-electron chi connectivity index (χ2n) is 7.98. The van der Waals surface area contributed by atoms with Gasteiger partial charge in [-0.2, -0.15) is 0 Å². The lowest BCUT2D eigenvalue weighted by atomic mass is 9.87. The molecule has 2 atom stereocenters. The summed E-state index contributed by atoms with van der Waals surface area (Å²) in [6.45, 7) is 3.48. The average molecular weight is 353 g/mol. The molecule has 26 heavy (non-hydrogen) atoms. The molecule has 1 fully saturated rings. The number of hydroxylamine groups is 3. The van der Waals surface area contributed by atoms with Gasteiger partial charge in [0.2, 0.25) is 0 Å². The Bertz CT molecular complexity index is 815. The maximum atomic E-state index is 13.8. The molecule has 1 saturated carbocycles. The van der Waals surface area contributed by atoms with Crippen molar-refractivity contribution >= 4 is 0 Å². The molecule has 1 aliphatic carbocycles. The number of phenols is 1. The average Bonchev–Trinajstić information content (AvgIpc) is 3.41. The van der Waals surface area contributed by atoms with Gasteiger partial charge in [-0.1, -0.05) is 29.8 Å². The SMILES string of the molecule is COc1ccc(C[C@H]2c3ccc(C)cc3CC[N@+]2([O-])CC2CC2)cc1O. The lowest BCUT2D eigenvalue weighted by Gasteiger charge is -2.52. The van der Waals surface area contributed by atoms with Crippen LogP contribution < -0.4 is 4.74 Å². The van der Waals surface area contributed by atoms with Crippen LogP contribution in [0.15, 0.2) is 36.4 Å². The van der Waals surface area contributed by atoms with Crippen molar-refractivity contribution in [3.8, 4) is 11.5 Å². The summed E-state index contributed by atoms with van der Waals surface area (Å²) in [5.41, 5.74) is 4.73. The highest BCUT2D eigenvalue weighted by molar-refractivity contribution is 5.43. The van der Waals surface area contributed by atoms with E-state index in [1.807, 2.05) is 6.07 Å². The van der Waals surface area contributed by atoms with Gasteiger partial charge in [0.25, 0.3) is 0 Å². The monoisotopic (exact) mass is 353 g/mol. The number of fused-ring (bicyclic) bond motifs is 1. The standard InChI is InChI=1S/C22H27NO3/c1-15-3-7-19-18(11-15)9-10-23(25,14-16-4-5-16)20(19)12-17-6-8-22(26-2)21(24)13-17/h3,6-8,11,13,16,20,24H,4-5,9-10,12,14H2,1-2H3/t20-,23-/m0/s1. The largest absolute Gasteiger partial charge is 0.632 e. The number of hydrogen-bond donors (Lipinski definition) is 1. The number of methoxy groups -OCH3 is 1. The number of quaternary nitrogens is 1. The third-order valence-electron chi connectivity index (χ3n) is 5.92. The third kappa shape index (κ3) is 3.31. The Morgan fingerprint density at radius 1 is 1.19 bits per heavy atom. The summed E-state index contributed by atoms with van der Waals surface area (Å²) in [7, 11) is 1.55. The van der Waals surface area contributed by atoms with Gasteiger partial charge in [-0.15, -0.1) is 0 Å². The molecule has 4 heteroatoms. The summed E-state index contributed by atoms with van der Waals surface area (Å²) in [6.07, 6.45) is 3.89. The first-order valence-corrected chi connectivity index (χ1v) is 9.51. The Morgan fingerprint density at radius 3 is 2.69 bits per heavy atom. The Morgan fingerprint density at radius 2 is 2.00 bits per heavy atom. The summed E-state index contributed by atoms with van der Waals surface area (Å²) in [6, 6.07) is 11.9. The number of benzene rings is 2. The smallest absolute Gasteiger partial charge is 0.160 e. The molecule has 138 valence electrons. The number of ether oxygens (including phenoxy) is 1. The molecule has 1 aliphatic heterocycles. The van der Waals surface area contributed by atoms with Crippen LogP contribution in [0.4, 0.5) is 0 Å². The number of aryl methyl sites for hydroxylation is 1. The first kappa shape index (κ1) is 17.4. The Labute approximate surface area is 155 Å². The second-order valence-corrected chi connectivity index (χ2v) is 7.98. The fourth-order valence-electron chi connectivity index (χ4n) is 4.31.